The predicted molar refractivity (Wildman–Crippen MR) is 114 cm³/mol. The lowest BCUT2D eigenvalue weighted by atomic mass is 9.76. The van der Waals surface area contributed by atoms with E-state index in [1.807, 2.05) is 54.6 Å². The van der Waals surface area contributed by atoms with E-state index < -0.39 is 0 Å². The fourth-order valence-electron chi connectivity index (χ4n) is 4.04. The van der Waals surface area contributed by atoms with Gasteiger partial charge >= 0.3 is 0 Å². The SMILES string of the molecule is N[C@H](c1cccc(-c2nn(-c3cccc(CO)n3)c3ccccc23)n1)[C@H]1C[C@H](O)C1. The Morgan fingerprint density at radius 2 is 1.80 bits per heavy atom. The van der Waals surface area contributed by atoms with Crippen molar-refractivity contribution < 1.29 is 10.2 Å². The van der Waals surface area contributed by atoms with Crippen molar-refractivity contribution in [3.63, 3.8) is 0 Å². The first-order chi connectivity index (χ1) is 14.6. The number of aromatic nitrogens is 4. The summed E-state index contributed by atoms with van der Waals surface area (Å²) in [5.74, 6) is 0.891. The van der Waals surface area contributed by atoms with Crippen molar-refractivity contribution >= 4 is 10.9 Å². The van der Waals surface area contributed by atoms with Crippen LogP contribution in [0.1, 0.15) is 30.3 Å². The van der Waals surface area contributed by atoms with Gasteiger partial charge in [0, 0.05) is 5.39 Å². The van der Waals surface area contributed by atoms with Crippen LogP contribution in [-0.4, -0.2) is 36.1 Å². The summed E-state index contributed by atoms with van der Waals surface area (Å²) in [6, 6.07) is 19.1. The summed E-state index contributed by atoms with van der Waals surface area (Å²) in [5.41, 5.74) is 10.2. The molecule has 1 atom stereocenters. The summed E-state index contributed by atoms with van der Waals surface area (Å²) in [6.07, 6.45) is 1.20. The lowest BCUT2D eigenvalue weighted by molar-refractivity contribution is 0.0302. The van der Waals surface area contributed by atoms with Gasteiger partial charge in [-0.05, 0) is 49.1 Å². The van der Waals surface area contributed by atoms with E-state index in [-0.39, 0.29) is 24.7 Å². The Bertz CT molecular complexity index is 1200. The normalized spacial score (nSPS) is 19.6. The second kappa shape index (κ2) is 7.60. The zero-order chi connectivity index (χ0) is 20.7. The molecule has 4 aromatic rings. The van der Waals surface area contributed by atoms with Crippen LogP contribution in [0.4, 0.5) is 0 Å². The molecule has 1 aliphatic carbocycles. The number of aliphatic hydroxyl groups is 2. The minimum atomic E-state index is -0.244. The van der Waals surface area contributed by atoms with Crippen molar-refractivity contribution in [3.8, 4) is 17.2 Å². The molecule has 7 nitrogen and oxygen atoms in total. The van der Waals surface area contributed by atoms with Gasteiger partial charge in [0.15, 0.2) is 5.82 Å². The van der Waals surface area contributed by atoms with Crippen molar-refractivity contribution in [1.29, 1.82) is 0 Å². The van der Waals surface area contributed by atoms with Crippen LogP contribution in [0.2, 0.25) is 0 Å². The molecule has 0 aliphatic heterocycles. The van der Waals surface area contributed by atoms with Crippen molar-refractivity contribution in [3.05, 3.63) is 72.1 Å². The Morgan fingerprint density at radius 1 is 1.00 bits per heavy atom. The summed E-state index contributed by atoms with van der Waals surface area (Å²) in [5, 5.41) is 24.8. The van der Waals surface area contributed by atoms with Gasteiger partial charge in [-0.1, -0.05) is 30.3 Å². The fraction of sp³-hybridized carbons (Fsp3) is 0.261. The average molecular weight is 401 g/mol. The molecule has 0 unspecified atom stereocenters. The summed E-state index contributed by atoms with van der Waals surface area (Å²) < 4.78 is 1.78. The molecule has 1 aliphatic rings. The molecule has 0 amide bonds. The minimum absolute atomic E-state index is 0.128. The fourth-order valence-corrected chi connectivity index (χ4v) is 4.04. The average Bonchev–Trinajstić information content (AvgIpc) is 3.16. The molecule has 1 fully saturated rings. The van der Waals surface area contributed by atoms with E-state index >= 15 is 0 Å². The molecule has 3 heterocycles. The summed E-state index contributed by atoms with van der Waals surface area (Å²) in [6.45, 7) is -0.128. The third-order valence-electron chi connectivity index (χ3n) is 5.77. The van der Waals surface area contributed by atoms with Gasteiger partial charge in [0.1, 0.15) is 5.69 Å². The number of hydrogen-bond donors (Lipinski definition) is 3. The smallest absolute Gasteiger partial charge is 0.154 e. The highest BCUT2D eigenvalue weighted by Crippen LogP contribution is 2.37. The van der Waals surface area contributed by atoms with Crippen LogP contribution in [0.25, 0.3) is 28.1 Å². The van der Waals surface area contributed by atoms with Crippen LogP contribution >= 0.6 is 0 Å². The van der Waals surface area contributed by atoms with Gasteiger partial charge in [0.05, 0.1) is 41.4 Å². The summed E-state index contributed by atoms with van der Waals surface area (Å²) in [7, 11) is 0. The zero-order valence-electron chi connectivity index (χ0n) is 16.4. The van der Waals surface area contributed by atoms with E-state index in [1.165, 1.54) is 0 Å². The van der Waals surface area contributed by atoms with E-state index in [4.69, 9.17) is 15.8 Å². The number of hydrogen-bond acceptors (Lipinski definition) is 6. The summed E-state index contributed by atoms with van der Waals surface area (Å²) >= 11 is 0. The highest BCUT2D eigenvalue weighted by molar-refractivity contribution is 5.93. The lowest BCUT2D eigenvalue weighted by Gasteiger charge is -2.35. The topological polar surface area (TPSA) is 110 Å². The Hall–Kier alpha value is -3.13. The van der Waals surface area contributed by atoms with E-state index in [0.717, 1.165) is 40.8 Å². The van der Waals surface area contributed by atoms with Crippen LogP contribution < -0.4 is 5.73 Å². The molecule has 0 bridgehead atoms. The van der Waals surface area contributed by atoms with Gasteiger partial charge in [0.2, 0.25) is 0 Å². The van der Waals surface area contributed by atoms with Gasteiger partial charge in [-0.2, -0.15) is 5.10 Å². The molecule has 30 heavy (non-hydrogen) atoms. The number of fused-ring (bicyclic) bond motifs is 1. The first-order valence-electron chi connectivity index (χ1n) is 10.1. The number of para-hydroxylation sites is 1. The molecule has 1 aromatic carbocycles. The standard InChI is InChI=1S/C23H23N5O2/c24-22(14-11-16(30)12-14)18-7-4-8-19(26-18)23-17-6-1-2-9-20(17)28(27-23)21-10-3-5-15(13-29)25-21/h1-10,14,16,22,29-30H,11-13,24H2/t14-,16-,22-/m0/s1. The Balaban J connectivity index is 1.59. The second-order valence-corrected chi connectivity index (χ2v) is 7.78. The molecule has 4 N–H and O–H groups in total. The number of aliphatic hydroxyl groups excluding tert-OH is 2. The number of pyridine rings is 2. The van der Waals surface area contributed by atoms with Crippen molar-refractivity contribution in [2.75, 3.05) is 0 Å². The van der Waals surface area contributed by atoms with Crippen molar-refractivity contribution in [1.82, 2.24) is 19.7 Å². The summed E-state index contributed by atoms with van der Waals surface area (Å²) in [4.78, 5) is 9.32. The Kier molecular flexibility index (Phi) is 4.78. The van der Waals surface area contributed by atoms with E-state index in [0.29, 0.717) is 11.5 Å². The largest absolute Gasteiger partial charge is 0.393 e. The predicted octanol–water partition coefficient (Wildman–Crippen LogP) is 2.75. The van der Waals surface area contributed by atoms with Crippen LogP contribution in [0.15, 0.2) is 60.7 Å². The second-order valence-electron chi connectivity index (χ2n) is 7.78. The van der Waals surface area contributed by atoms with Crippen LogP contribution in [-0.2, 0) is 6.61 Å². The number of nitrogens with two attached hydrogens (primary N) is 1. The molecule has 0 spiro atoms. The maximum absolute atomic E-state index is 9.60. The Labute approximate surface area is 173 Å². The van der Waals surface area contributed by atoms with Gasteiger partial charge in [0.25, 0.3) is 0 Å². The monoisotopic (exact) mass is 401 g/mol. The van der Waals surface area contributed by atoms with E-state index in [1.54, 1.807) is 10.7 Å². The first kappa shape index (κ1) is 18.9. The van der Waals surface area contributed by atoms with E-state index in [9.17, 15) is 10.2 Å². The zero-order valence-corrected chi connectivity index (χ0v) is 16.4. The van der Waals surface area contributed by atoms with Gasteiger partial charge in [-0.25, -0.2) is 14.6 Å². The molecule has 0 radical (unpaired) electrons. The quantitative estimate of drug-likeness (QED) is 0.474. The molecule has 1 saturated carbocycles. The molecule has 0 saturated heterocycles. The number of rotatable bonds is 5. The van der Waals surface area contributed by atoms with Crippen molar-refractivity contribution in [2.24, 2.45) is 11.7 Å². The lowest BCUT2D eigenvalue weighted by Crippen LogP contribution is -2.36. The number of benzene rings is 1. The highest BCUT2D eigenvalue weighted by atomic mass is 16.3. The van der Waals surface area contributed by atoms with Crippen molar-refractivity contribution in [2.45, 2.75) is 31.6 Å². The van der Waals surface area contributed by atoms with Crippen LogP contribution in [0.3, 0.4) is 0 Å². The molecule has 3 aromatic heterocycles. The first-order valence-corrected chi connectivity index (χ1v) is 10.1. The highest BCUT2D eigenvalue weighted by Gasteiger charge is 2.33. The van der Waals surface area contributed by atoms with Gasteiger partial charge < -0.3 is 15.9 Å². The molecule has 5 rings (SSSR count). The molecular formula is C23H23N5O2. The molecular weight excluding hydrogens is 378 g/mol. The maximum Gasteiger partial charge on any atom is 0.154 e. The molecule has 152 valence electrons. The minimum Gasteiger partial charge on any atom is -0.393 e. The maximum atomic E-state index is 9.60. The number of nitrogens with zero attached hydrogens (tertiary/aromatic N) is 4. The molecule has 7 heteroatoms. The third-order valence-corrected chi connectivity index (χ3v) is 5.77. The Morgan fingerprint density at radius 3 is 2.60 bits per heavy atom. The van der Waals surface area contributed by atoms with Gasteiger partial charge in [-0.3, -0.25) is 0 Å². The van der Waals surface area contributed by atoms with Gasteiger partial charge in [-0.15, -0.1) is 0 Å². The third kappa shape index (κ3) is 3.27. The van der Waals surface area contributed by atoms with Crippen LogP contribution in [0, 0.1) is 5.92 Å². The van der Waals surface area contributed by atoms with Crippen LogP contribution in [0.5, 0.6) is 0 Å². The van der Waals surface area contributed by atoms with E-state index in [2.05, 4.69) is 4.98 Å².